The second kappa shape index (κ2) is 2.09. The molecule has 1 heterocycles. The Morgan fingerprint density at radius 1 is 1.50 bits per heavy atom. The van der Waals surface area contributed by atoms with Crippen LogP contribution in [0.3, 0.4) is 0 Å². The van der Waals surface area contributed by atoms with Crippen LogP contribution < -0.4 is 5.73 Å². The lowest BCUT2D eigenvalue weighted by atomic mass is 9.91. The smallest absolute Gasteiger partial charge is 0.0741 e. The summed E-state index contributed by atoms with van der Waals surface area (Å²) in [5, 5.41) is 2.02. The van der Waals surface area contributed by atoms with Crippen LogP contribution >= 0.6 is 11.5 Å². The highest BCUT2D eigenvalue weighted by molar-refractivity contribution is 7.03. The van der Waals surface area contributed by atoms with Crippen molar-refractivity contribution in [3.05, 3.63) is 17.1 Å². The zero-order valence-corrected chi connectivity index (χ0v) is 7.68. The highest BCUT2D eigenvalue weighted by Gasteiger charge is 2.53. The fourth-order valence-corrected chi connectivity index (χ4v) is 3.11. The van der Waals surface area contributed by atoms with Crippen molar-refractivity contribution >= 4 is 11.5 Å². The largest absolute Gasteiger partial charge is 0.320 e. The average Bonchev–Trinajstić information content (AvgIpc) is 2.59. The van der Waals surface area contributed by atoms with Gasteiger partial charge in [-0.3, -0.25) is 0 Å². The van der Waals surface area contributed by atoms with Crippen LogP contribution in [0.15, 0.2) is 11.4 Å². The lowest BCUT2D eigenvalue weighted by Gasteiger charge is -2.23. The number of rotatable bonds is 1. The third-order valence-corrected chi connectivity index (χ3v) is 3.83. The fraction of sp³-hybridized carbons (Fsp3) is 0.667. The maximum Gasteiger partial charge on any atom is 0.0741 e. The average molecular weight is 180 g/mol. The number of aromatic nitrogens is 1. The minimum atomic E-state index is -0.0619. The van der Waals surface area contributed by atoms with Crippen LogP contribution in [-0.4, -0.2) is 4.37 Å². The highest BCUT2D eigenvalue weighted by Crippen LogP contribution is 2.58. The van der Waals surface area contributed by atoms with Crippen LogP contribution in [0, 0.1) is 11.8 Å². The first-order valence-electron chi connectivity index (χ1n) is 4.48. The molecule has 2 N–H and O–H groups in total. The van der Waals surface area contributed by atoms with E-state index in [9.17, 15) is 0 Å². The predicted octanol–water partition coefficient (Wildman–Crippen LogP) is 1.73. The number of fused-ring (bicyclic) bond motifs is 1. The molecule has 0 spiro atoms. The van der Waals surface area contributed by atoms with Crippen LogP contribution in [0.4, 0.5) is 0 Å². The standard InChI is InChI=1S/C9H12N2S/c10-9(8-1-2-12-11-8)4-6-3-7(6)5-9/h1-2,6-7H,3-5,10H2. The number of nitrogens with two attached hydrogens (primary N) is 1. The predicted molar refractivity (Wildman–Crippen MR) is 48.8 cm³/mol. The summed E-state index contributed by atoms with van der Waals surface area (Å²) in [6, 6.07) is 2.08. The van der Waals surface area contributed by atoms with E-state index in [1.54, 1.807) is 0 Å². The molecule has 2 aliphatic rings. The third kappa shape index (κ3) is 0.866. The second-order valence-corrected chi connectivity index (χ2v) is 4.87. The van der Waals surface area contributed by atoms with Gasteiger partial charge in [-0.05, 0) is 48.7 Å². The summed E-state index contributed by atoms with van der Waals surface area (Å²) >= 11 is 1.51. The van der Waals surface area contributed by atoms with Gasteiger partial charge in [0.15, 0.2) is 0 Å². The molecule has 1 aromatic rings. The van der Waals surface area contributed by atoms with Crippen molar-refractivity contribution in [1.82, 2.24) is 4.37 Å². The Labute approximate surface area is 76.0 Å². The van der Waals surface area contributed by atoms with Crippen LogP contribution in [-0.2, 0) is 5.54 Å². The highest BCUT2D eigenvalue weighted by atomic mass is 32.1. The first-order valence-corrected chi connectivity index (χ1v) is 5.31. The zero-order valence-electron chi connectivity index (χ0n) is 6.86. The van der Waals surface area contributed by atoms with Gasteiger partial charge in [-0.15, -0.1) is 0 Å². The lowest BCUT2D eigenvalue weighted by Crippen LogP contribution is -2.35. The molecular weight excluding hydrogens is 168 g/mol. The van der Waals surface area contributed by atoms with E-state index in [1.165, 1.54) is 30.8 Å². The van der Waals surface area contributed by atoms with Crippen molar-refractivity contribution in [2.45, 2.75) is 24.8 Å². The minimum Gasteiger partial charge on any atom is -0.320 e. The van der Waals surface area contributed by atoms with Crippen molar-refractivity contribution in [1.29, 1.82) is 0 Å². The minimum absolute atomic E-state index is 0.0619. The first kappa shape index (κ1) is 7.04. The maximum atomic E-state index is 6.29. The molecule has 0 amide bonds. The van der Waals surface area contributed by atoms with Crippen molar-refractivity contribution in [2.75, 3.05) is 0 Å². The molecule has 64 valence electrons. The van der Waals surface area contributed by atoms with E-state index in [4.69, 9.17) is 5.73 Å². The number of hydrogen-bond donors (Lipinski definition) is 1. The molecule has 2 fully saturated rings. The Hall–Kier alpha value is -0.410. The van der Waals surface area contributed by atoms with Gasteiger partial charge in [0, 0.05) is 5.38 Å². The van der Waals surface area contributed by atoms with Crippen molar-refractivity contribution in [3.63, 3.8) is 0 Å². The van der Waals surface area contributed by atoms with Crippen molar-refractivity contribution in [2.24, 2.45) is 17.6 Å². The normalized spacial score (nSPS) is 44.4. The van der Waals surface area contributed by atoms with Gasteiger partial charge in [0.1, 0.15) is 0 Å². The van der Waals surface area contributed by atoms with E-state index >= 15 is 0 Å². The monoisotopic (exact) mass is 180 g/mol. The molecule has 2 aliphatic carbocycles. The molecule has 2 atom stereocenters. The molecular formula is C9H12N2S. The SMILES string of the molecule is NC1(c2ccsn2)CC2CC2C1. The molecule has 3 rings (SSSR count). The molecule has 0 saturated heterocycles. The summed E-state index contributed by atoms with van der Waals surface area (Å²) in [7, 11) is 0. The Bertz CT molecular complexity index is 283. The van der Waals surface area contributed by atoms with E-state index in [0.717, 1.165) is 17.5 Å². The van der Waals surface area contributed by atoms with E-state index in [2.05, 4.69) is 10.4 Å². The molecule has 2 nitrogen and oxygen atoms in total. The van der Waals surface area contributed by atoms with Crippen LogP contribution in [0.5, 0.6) is 0 Å². The van der Waals surface area contributed by atoms with Gasteiger partial charge in [0.2, 0.25) is 0 Å². The van der Waals surface area contributed by atoms with Crippen molar-refractivity contribution in [3.8, 4) is 0 Å². The molecule has 0 bridgehead atoms. The number of nitrogens with zero attached hydrogens (tertiary/aromatic N) is 1. The Kier molecular flexibility index (Phi) is 1.23. The van der Waals surface area contributed by atoms with Gasteiger partial charge in [-0.1, -0.05) is 0 Å². The van der Waals surface area contributed by atoms with Gasteiger partial charge in [-0.25, -0.2) is 0 Å². The summed E-state index contributed by atoms with van der Waals surface area (Å²) in [4.78, 5) is 0. The van der Waals surface area contributed by atoms with E-state index < -0.39 is 0 Å². The Balaban J connectivity index is 1.92. The molecule has 2 unspecified atom stereocenters. The number of hydrogen-bond acceptors (Lipinski definition) is 3. The summed E-state index contributed by atoms with van der Waals surface area (Å²) in [5.74, 6) is 1.85. The van der Waals surface area contributed by atoms with Gasteiger partial charge in [0.25, 0.3) is 0 Å². The molecule has 12 heavy (non-hydrogen) atoms. The summed E-state index contributed by atoms with van der Waals surface area (Å²) in [6.45, 7) is 0. The van der Waals surface area contributed by atoms with E-state index in [0.29, 0.717) is 0 Å². The third-order valence-electron chi connectivity index (χ3n) is 3.27. The van der Waals surface area contributed by atoms with Gasteiger partial charge < -0.3 is 5.73 Å². The molecule has 0 aliphatic heterocycles. The molecule has 3 heteroatoms. The summed E-state index contributed by atoms with van der Waals surface area (Å²) < 4.78 is 4.34. The maximum absolute atomic E-state index is 6.29. The fourth-order valence-electron chi connectivity index (χ4n) is 2.51. The molecule has 2 saturated carbocycles. The molecule has 0 aromatic carbocycles. The van der Waals surface area contributed by atoms with Gasteiger partial charge in [-0.2, -0.15) is 4.37 Å². The summed E-state index contributed by atoms with van der Waals surface area (Å²) in [5.41, 5.74) is 7.35. The Morgan fingerprint density at radius 2 is 2.25 bits per heavy atom. The Morgan fingerprint density at radius 3 is 2.83 bits per heavy atom. The van der Waals surface area contributed by atoms with E-state index in [1.807, 2.05) is 5.38 Å². The zero-order chi connectivity index (χ0) is 8.18. The quantitative estimate of drug-likeness (QED) is 0.714. The van der Waals surface area contributed by atoms with Crippen LogP contribution in [0.1, 0.15) is 25.0 Å². The summed E-state index contributed by atoms with van der Waals surface area (Å²) in [6.07, 6.45) is 3.76. The topological polar surface area (TPSA) is 38.9 Å². The van der Waals surface area contributed by atoms with Gasteiger partial charge in [0.05, 0.1) is 11.2 Å². The molecule has 1 aromatic heterocycles. The lowest BCUT2D eigenvalue weighted by molar-refractivity contribution is 0.402. The van der Waals surface area contributed by atoms with E-state index in [-0.39, 0.29) is 5.54 Å². The molecule has 0 radical (unpaired) electrons. The van der Waals surface area contributed by atoms with Crippen molar-refractivity contribution < 1.29 is 0 Å². The first-order chi connectivity index (χ1) is 5.78. The second-order valence-electron chi connectivity index (χ2n) is 4.20. The van der Waals surface area contributed by atoms with Gasteiger partial charge >= 0.3 is 0 Å². The van der Waals surface area contributed by atoms with Crippen LogP contribution in [0.2, 0.25) is 0 Å². The van der Waals surface area contributed by atoms with Crippen LogP contribution in [0.25, 0.3) is 0 Å².